The number of carboxylic acid groups (broad SMARTS) is 1. The smallest absolute Gasteiger partial charge is 0.405 e. The lowest BCUT2D eigenvalue weighted by molar-refractivity contribution is 0.0102. The summed E-state index contributed by atoms with van der Waals surface area (Å²) in [6.45, 7) is 3.25. The van der Waals surface area contributed by atoms with Gasteiger partial charge >= 0.3 is 6.09 Å². The summed E-state index contributed by atoms with van der Waals surface area (Å²) in [6.07, 6.45) is 2.97. The van der Waals surface area contributed by atoms with E-state index < -0.39 is 22.2 Å². The van der Waals surface area contributed by atoms with E-state index in [1.54, 1.807) is 18.3 Å². The Hall–Kier alpha value is -2.49. The van der Waals surface area contributed by atoms with E-state index >= 15 is 0 Å². The van der Waals surface area contributed by atoms with Crippen LogP contribution >= 0.6 is 0 Å². The lowest BCUT2D eigenvalue weighted by Gasteiger charge is -2.32. The Balaban J connectivity index is 1.56. The lowest BCUT2D eigenvalue weighted by atomic mass is 10.1. The normalized spacial score (nSPS) is 16.8. The molecule has 1 aromatic carbocycles. The summed E-state index contributed by atoms with van der Waals surface area (Å²) in [5.41, 5.74) is 2.79. The highest BCUT2D eigenvalue weighted by Gasteiger charge is 2.31. The molecule has 2 N–H and O–H groups in total. The predicted octanol–water partition coefficient (Wildman–Crippen LogP) is 2.71. The highest BCUT2D eigenvalue weighted by molar-refractivity contribution is 7.89. The third kappa shape index (κ3) is 6.25. The predicted molar refractivity (Wildman–Crippen MR) is 112 cm³/mol. The van der Waals surface area contributed by atoms with Crippen molar-refractivity contribution in [1.29, 1.82) is 0 Å². The van der Waals surface area contributed by atoms with Crippen molar-refractivity contribution in [3.05, 3.63) is 65.5 Å². The number of hydrogen-bond donors (Lipinski definition) is 2. The molecule has 9 heteroatoms. The van der Waals surface area contributed by atoms with Crippen LogP contribution in [0.5, 0.6) is 0 Å². The Kier molecular flexibility index (Phi) is 7.41. The van der Waals surface area contributed by atoms with Crippen molar-refractivity contribution in [3.8, 4) is 0 Å². The molecule has 1 unspecified atom stereocenters. The zero-order valence-electron chi connectivity index (χ0n) is 16.9. The Bertz CT molecular complexity index is 944. The molecule has 1 amide bonds. The van der Waals surface area contributed by atoms with Crippen LogP contribution in [0.15, 0.2) is 48.8 Å². The van der Waals surface area contributed by atoms with Gasteiger partial charge in [0, 0.05) is 25.5 Å². The largest absolute Gasteiger partial charge is 0.465 e. The number of ether oxygens (including phenoxy) is 1. The second-order valence-electron chi connectivity index (χ2n) is 7.47. The van der Waals surface area contributed by atoms with E-state index in [0.717, 1.165) is 5.56 Å². The molecule has 1 fully saturated rings. The number of aryl methyl sites for hydroxylation is 1. The zero-order chi connectivity index (χ0) is 21.6. The van der Waals surface area contributed by atoms with Gasteiger partial charge in [0.05, 0.1) is 24.5 Å². The second-order valence-corrected chi connectivity index (χ2v) is 9.48. The van der Waals surface area contributed by atoms with E-state index in [0.29, 0.717) is 38.1 Å². The number of pyridine rings is 1. The number of benzene rings is 1. The number of amides is 1. The van der Waals surface area contributed by atoms with Gasteiger partial charge in [-0.25, -0.2) is 17.5 Å². The highest BCUT2D eigenvalue weighted by Crippen LogP contribution is 2.22. The van der Waals surface area contributed by atoms with Gasteiger partial charge in [-0.2, -0.15) is 0 Å². The van der Waals surface area contributed by atoms with Crippen LogP contribution < -0.4 is 5.32 Å². The van der Waals surface area contributed by atoms with Gasteiger partial charge in [0.25, 0.3) is 0 Å². The summed E-state index contributed by atoms with van der Waals surface area (Å²) in [5.74, 6) is -0.347. The average molecular weight is 434 g/mol. The molecule has 162 valence electrons. The first-order chi connectivity index (χ1) is 14.3. The number of nitrogens with one attached hydrogen (secondary N) is 1. The fourth-order valence-corrected chi connectivity index (χ4v) is 5.24. The van der Waals surface area contributed by atoms with Crippen molar-refractivity contribution in [2.75, 3.05) is 18.8 Å². The molecule has 0 saturated carbocycles. The summed E-state index contributed by atoms with van der Waals surface area (Å²) in [4.78, 5) is 15.1. The number of carbonyl (C=O) groups is 1. The topological polar surface area (TPSA) is 109 Å². The van der Waals surface area contributed by atoms with Gasteiger partial charge in [-0.05, 0) is 37.0 Å². The van der Waals surface area contributed by atoms with Crippen LogP contribution in [0.4, 0.5) is 4.79 Å². The van der Waals surface area contributed by atoms with Gasteiger partial charge in [-0.1, -0.05) is 35.9 Å². The van der Waals surface area contributed by atoms with E-state index in [4.69, 9.17) is 9.84 Å². The summed E-state index contributed by atoms with van der Waals surface area (Å²) < 4.78 is 33.2. The molecule has 1 saturated heterocycles. The van der Waals surface area contributed by atoms with Gasteiger partial charge in [-0.3, -0.25) is 4.98 Å². The van der Waals surface area contributed by atoms with Crippen molar-refractivity contribution in [2.24, 2.45) is 0 Å². The summed E-state index contributed by atoms with van der Waals surface area (Å²) >= 11 is 0. The van der Waals surface area contributed by atoms with Gasteiger partial charge in [0.1, 0.15) is 0 Å². The fraction of sp³-hybridized carbons (Fsp3) is 0.429. The minimum atomic E-state index is -3.65. The SMILES string of the molecule is Cc1cccc(COC2CCN(S(=O)(=O)CC(NC(=O)O)c3cccnc3)CC2)c1. The van der Waals surface area contributed by atoms with Crippen LogP contribution in [-0.2, 0) is 21.4 Å². The van der Waals surface area contributed by atoms with Crippen molar-refractivity contribution in [3.63, 3.8) is 0 Å². The minimum absolute atomic E-state index is 0.00299. The molecule has 0 bridgehead atoms. The molecule has 30 heavy (non-hydrogen) atoms. The van der Waals surface area contributed by atoms with Crippen LogP contribution in [0.3, 0.4) is 0 Å². The molecule has 8 nitrogen and oxygen atoms in total. The Morgan fingerprint density at radius 1 is 1.30 bits per heavy atom. The van der Waals surface area contributed by atoms with Crippen LogP contribution in [-0.4, -0.2) is 53.9 Å². The minimum Gasteiger partial charge on any atom is -0.465 e. The molecular formula is C21H27N3O5S. The van der Waals surface area contributed by atoms with Gasteiger partial charge < -0.3 is 15.2 Å². The Labute approximate surface area is 176 Å². The number of aromatic nitrogens is 1. The second kappa shape index (κ2) is 10.0. The van der Waals surface area contributed by atoms with Gasteiger partial charge in [-0.15, -0.1) is 0 Å². The molecule has 2 heterocycles. The molecule has 1 aromatic heterocycles. The molecule has 2 aromatic rings. The molecule has 0 spiro atoms. The number of nitrogens with zero attached hydrogens (tertiary/aromatic N) is 2. The zero-order valence-corrected chi connectivity index (χ0v) is 17.7. The number of rotatable bonds is 8. The van der Waals surface area contributed by atoms with Crippen molar-refractivity contribution >= 4 is 16.1 Å². The molecule has 3 rings (SSSR count). The van der Waals surface area contributed by atoms with Crippen molar-refractivity contribution in [2.45, 2.75) is 38.5 Å². The third-order valence-corrected chi connectivity index (χ3v) is 7.03. The van der Waals surface area contributed by atoms with Crippen LogP contribution in [0.2, 0.25) is 0 Å². The molecule has 1 aliphatic heterocycles. The maximum absolute atomic E-state index is 12.9. The van der Waals surface area contributed by atoms with E-state index in [1.165, 1.54) is 16.1 Å². The van der Waals surface area contributed by atoms with Crippen molar-refractivity contribution in [1.82, 2.24) is 14.6 Å². The first-order valence-corrected chi connectivity index (χ1v) is 11.5. The summed E-state index contributed by atoms with van der Waals surface area (Å²) in [7, 11) is -3.65. The van der Waals surface area contributed by atoms with E-state index in [9.17, 15) is 13.2 Å². The number of sulfonamides is 1. The standard InChI is InChI=1S/C21H27N3O5S/c1-16-4-2-5-17(12-16)14-29-19-7-10-24(11-8-19)30(27,28)15-20(23-21(25)26)18-6-3-9-22-13-18/h2-6,9,12-13,19-20,23H,7-8,10-11,14-15H2,1H3,(H,25,26). The van der Waals surface area contributed by atoms with Crippen LogP contribution in [0.25, 0.3) is 0 Å². The molecular weight excluding hydrogens is 406 g/mol. The molecule has 1 aliphatic rings. The molecule has 0 radical (unpaired) electrons. The van der Waals surface area contributed by atoms with E-state index in [-0.39, 0.29) is 11.9 Å². The quantitative estimate of drug-likeness (QED) is 0.663. The molecule has 1 atom stereocenters. The lowest BCUT2D eigenvalue weighted by Crippen LogP contribution is -2.44. The fourth-order valence-electron chi connectivity index (χ4n) is 3.56. The van der Waals surface area contributed by atoms with Crippen LogP contribution in [0, 0.1) is 6.92 Å². The number of piperidine rings is 1. The highest BCUT2D eigenvalue weighted by atomic mass is 32.2. The third-order valence-electron chi connectivity index (χ3n) is 5.12. The first kappa shape index (κ1) is 22.2. The van der Waals surface area contributed by atoms with Crippen LogP contribution in [0.1, 0.15) is 35.6 Å². The van der Waals surface area contributed by atoms with Crippen molar-refractivity contribution < 1.29 is 23.1 Å². The van der Waals surface area contributed by atoms with Gasteiger partial charge in [0.2, 0.25) is 10.0 Å². The molecule has 0 aliphatic carbocycles. The monoisotopic (exact) mass is 433 g/mol. The Morgan fingerprint density at radius 2 is 2.07 bits per heavy atom. The number of hydrogen-bond acceptors (Lipinski definition) is 5. The first-order valence-electron chi connectivity index (χ1n) is 9.88. The maximum Gasteiger partial charge on any atom is 0.405 e. The van der Waals surface area contributed by atoms with E-state index in [2.05, 4.69) is 16.4 Å². The Morgan fingerprint density at radius 3 is 2.70 bits per heavy atom. The summed E-state index contributed by atoms with van der Waals surface area (Å²) in [6, 6.07) is 10.5. The average Bonchev–Trinajstić information content (AvgIpc) is 2.72. The van der Waals surface area contributed by atoms with E-state index in [1.807, 2.05) is 25.1 Å². The summed E-state index contributed by atoms with van der Waals surface area (Å²) in [5, 5.41) is 11.4. The maximum atomic E-state index is 12.9. The van der Waals surface area contributed by atoms with Gasteiger partial charge in [0.15, 0.2) is 0 Å².